The van der Waals surface area contributed by atoms with Crippen molar-refractivity contribution >= 4 is 23.3 Å². The summed E-state index contributed by atoms with van der Waals surface area (Å²) in [4.78, 5) is 27.0. The van der Waals surface area contributed by atoms with E-state index in [9.17, 15) is 24.9 Å². The van der Waals surface area contributed by atoms with Crippen LogP contribution >= 0.6 is 11.3 Å². The maximum atomic E-state index is 11.8. The number of rotatable bonds is 7. The summed E-state index contributed by atoms with van der Waals surface area (Å²) >= 11 is 0.884. The molecule has 1 heterocycles. The Labute approximate surface area is 147 Å². The first-order valence-corrected chi connectivity index (χ1v) is 8.10. The number of hydrogen-bond donors (Lipinski definition) is 3. The number of aliphatic hydroxyl groups is 3. The molecule has 9 heteroatoms. The third-order valence-electron chi connectivity index (χ3n) is 3.28. The highest BCUT2D eigenvalue weighted by Gasteiger charge is 2.34. The Morgan fingerprint density at radius 3 is 2.52 bits per heavy atom. The molecule has 0 aliphatic heterocycles. The average molecular weight is 367 g/mol. The van der Waals surface area contributed by atoms with E-state index in [0.29, 0.717) is 5.56 Å². The van der Waals surface area contributed by atoms with Crippen LogP contribution in [0.25, 0.3) is 0 Å². The minimum atomic E-state index is -1.97. The van der Waals surface area contributed by atoms with Crippen molar-refractivity contribution in [2.75, 3.05) is 7.11 Å². The maximum Gasteiger partial charge on any atom is 0.357 e. The van der Waals surface area contributed by atoms with E-state index in [0.717, 1.165) is 11.3 Å². The number of ether oxygens (including phenoxy) is 2. The zero-order chi connectivity index (χ0) is 18.4. The Hall–Kier alpha value is -2.33. The Morgan fingerprint density at radius 2 is 1.88 bits per heavy atom. The van der Waals surface area contributed by atoms with E-state index in [1.807, 2.05) is 0 Å². The highest BCUT2D eigenvalue weighted by atomic mass is 32.1. The number of carbonyl (C=O) groups is 2. The van der Waals surface area contributed by atoms with Crippen LogP contribution in [0.2, 0.25) is 0 Å². The molecule has 0 saturated carbocycles. The molecule has 134 valence electrons. The quantitative estimate of drug-likeness (QED) is 0.602. The van der Waals surface area contributed by atoms with Gasteiger partial charge >= 0.3 is 11.9 Å². The predicted molar refractivity (Wildman–Crippen MR) is 86.7 cm³/mol. The molecule has 0 fully saturated rings. The normalized spacial score (nSPS) is 14.4. The van der Waals surface area contributed by atoms with Crippen molar-refractivity contribution in [2.45, 2.75) is 24.9 Å². The number of carbonyl (C=O) groups excluding carboxylic acids is 2. The molecule has 3 atom stereocenters. The maximum absolute atomic E-state index is 11.8. The third-order valence-corrected chi connectivity index (χ3v) is 4.20. The molecule has 1 aromatic carbocycles. The smallest absolute Gasteiger partial charge is 0.357 e. The molecule has 0 amide bonds. The van der Waals surface area contributed by atoms with Crippen molar-refractivity contribution in [1.29, 1.82) is 0 Å². The highest BCUT2D eigenvalue weighted by molar-refractivity contribution is 7.09. The van der Waals surface area contributed by atoms with Crippen LogP contribution in [-0.2, 0) is 20.9 Å². The number of esters is 2. The zero-order valence-electron chi connectivity index (χ0n) is 13.2. The summed E-state index contributed by atoms with van der Waals surface area (Å²) in [5, 5.41) is 31.2. The van der Waals surface area contributed by atoms with Crippen LogP contribution in [0.5, 0.6) is 0 Å². The van der Waals surface area contributed by atoms with Gasteiger partial charge in [0.25, 0.3) is 0 Å². The van der Waals surface area contributed by atoms with E-state index < -0.39 is 30.3 Å². The van der Waals surface area contributed by atoms with Gasteiger partial charge in [0.05, 0.1) is 7.11 Å². The molecule has 0 unspecified atom stereocenters. The number of methoxy groups -OCH3 is 1. The molecule has 0 bridgehead atoms. The van der Waals surface area contributed by atoms with Crippen LogP contribution in [-0.4, -0.2) is 51.6 Å². The van der Waals surface area contributed by atoms with Crippen molar-refractivity contribution in [2.24, 2.45) is 0 Å². The Kier molecular flexibility index (Phi) is 6.59. The molecule has 2 rings (SSSR count). The van der Waals surface area contributed by atoms with Gasteiger partial charge in [0.15, 0.2) is 11.8 Å². The Morgan fingerprint density at radius 1 is 1.20 bits per heavy atom. The van der Waals surface area contributed by atoms with Gasteiger partial charge in [-0.3, -0.25) is 0 Å². The van der Waals surface area contributed by atoms with E-state index in [-0.39, 0.29) is 17.3 Å². The van der Waals surface area contributed by atoms with Gasteiger partial charge in [0.2, 0.25) is 0 Å². The van der Waals surface area contributed by atoms with Crippen LogP contribution in [0.1, 0.15) is 27.2 Å². The molecule has 0 spiro atoms. The van der Waals surface area contributed by atoms with Crippen molar-refractivity contribution < 1.29 is 34.4 Å². The fourth-order valence-corrected chi connectivity index (χ4v) is 2.71. The number of thiazole rings is 1. The second-order valence-electron chi connectivity index (χ2n) is 5.04. The summed E-state index contributed by atoms with van der Waals surface area (Å²) in [5.74, 6) is -1.79. The topological polar surface area (TPSA) is 126 Å². The van der Waals surface area contributed by atoms with E-state index in [1.165, 1.54) is 12.5 Å². The molecule has 3 N–H and O–H groups in total. The first kappa shape index (κ1) is 19.0. The van der Waals surface area contributed by atoms with Gasteiger partial charge in [-0.2, -0.15) is 0 Å². The molecule has 2 aromatic rings. The Bertz CT molecular complexity index is 718. The summed E-state index contributed by atoms with van der Waals surface area (Å²) in [6.07, 6.45) is -5.49. The minimum Gasteiger partial charge on any atom is -0.464 e. The fourth-order valence-electron chi connectivity index (χ4n) is 1.89. The summed E-state index contributed by atoms with van der Waals surface area (Å²) in [6.45, 7) is -0.0801. The van der Waals surface area contributed by atoms with E-state index >= 15 is 0 Å². The second-order valence-corrected chi connectivity index (χ2v) is 5.93. The van der Waals surface area contributed by atoms with Crippen molar-refractivity contribution in [3.63, 3.8) is 0 Å². The van der Waals surface area contributed by atoms with Crippen molar-refractivity contribution in [3.05, 3.63) is 52.0 Å². The van der Waals surface area contributed by atoms with Crippen LogP contribution in [0.3, 0.4) is 0 Å². The summed E-state index contributed by atoms with van der Waals surface area (Å²) in [5.41, 5.74) is 0.663. The largest absolute Gasteiger partial charge is 0.464 e. The minimum absolute atomic E-state index is 0.0391. The predicted octanol–water partition coefficient (Wildman–Crippen LogP) is 0.428. The third kappa shape index (κ3) is 4.83. The number of aromatic nitrogens is 1. The number of benzene rings is 1. The summed E-state index contributed by atoms with van der Waals surface area (Å²) in [6, 6.07) is 8.79. The fraction of sp³-hybridized carbons (Fsp3) is 0.312. The molecule has 8 nitrogen and oxygen atoms in total. The molecule has 0 radical (unpaired) electrons. The first-order chi connectivity index (χ1) is 11.9. The summed E-state index contributed by atoms with van der Waals surface area (Å²) < 4.78 is 9.39. The lowest BCUT2D eigenvalue weighted by molar-refractivity contribution is -0.166. The average Bonchev–Trinajstić information content (AvgIpc) is 3.14. The molecule has 0 aliphatic rings. The molecule has 0 saturated heterocycles. The monoisotopic (exact) mass is 367 g/mol. The lowest BCUT2D eigenvalue weighted by atomic mass is 10.1. The molecular formula is C16H17NO7S. The number of hydrogen-bond acceptors (Lipinski definition) is 9. The van der Waals surface area contributed by atoms with Gasteiger partial charge in [0.1, 0.15) is 23.8 Å². The lowest BCUT2D eigenvalue weighted by Crippen LogP contribution is -2.39. The van der Waals surface area contributed by atoms with E-state index in [2.05, 4.69) is 9.72 Å². The van der Waals surface area contributed by atoms with Gasteiger partial charge in [-0.05, 0) is 5.56 Å². The van der Waals surface area contributed by atoms with Crippen LogP contribution in [0, 0.1) is 0 Å². The van der Waals surface area contributed by atoms with Crippen molar-refractivity contribution in [3.8, 4) is 0 Å². The number of nitrogens with zero attached hydrogens (tertiary/aromatic N) is 1. The number of aliphatic hydroxyl groups excluding tert-OH is 3. The zero-order valence-corrected chi connectivity index (χ0v) is 14.0. The second kappa shape index (κ2) is 8.67. The highest BCUT2D eigenvalue weighted by Crippen LogP contribution is 2.23. The summed E-state index contributed by atoms with van der Waals surface area (Å²) in [7, 11) is 1.18. The van der Waals surface area contributed by atoms with E-state index in [4.69, 9.17) is 4.74 Å². The lowest BCUT2D eigenvalue weighted by Gasteiger charge is -2.20. The van der Waals surface area contributed by atoms with Crippen molar-refractivity contribution in [1.82, 2.24) is 4.98 Å². The van der Waals surface area contributed by atoms with E-state index in [1.54, 1.807) is 30.3 Å². The van der Waals surface area contributed by atoms with Crippen LogP contribution in [0.4, 0.5) is 0 Å². The van der Waals surface area contributed by atoms with Crippen LogP contribution in [0.15, 0.2) is 35.7 Å². The van der Waals surface area contributed by atoms with Gasteiger partial charge in [-0.25, -0.2) is 14.6 Å². The van der Waals surface area contributed by atoms with Gasteiger partial charge in [0, 0.05) is 5.38 Å². The van der Waals surface area contributed by atoms with Gasteiger partial charge < -0.3 is 24.8 Å². The molecule has 0 aliphatic carbocycles. The Balaban J connectivity index is 1.95. The van der Waals surface area contributed by atoms with Crippen LogP contribution < -0.4 is 0 Å². The molecule has 25 heavy (non-hydrogen) atoms. The SMILES string of the molecule is COC(=O)c1csc([C@@H](O)[C@H](O)[C@H](O)C(=O)OCc2ccccc2)n1. The molecule has 1 aromatic heterocycles. The van der Waals surface area contributed by atoms with Gasteiger partial charge in [-0.15, -0.1) is 11.3 Å². The molecular weight excluding hydrogens is 350 g/mol. The first-order valence-electron chi connectivity index (χ1n) is 7.22. The standard InChI is InChI=1S/C16H17NO7S/c1-23-15(21)10-8-25-14(17-10)12(19)11(18)13(20)16(22)24-7-9-5-3-2-4-6-9/h2-6,8,11-13,18-20H,7H2,1H3/t11-,12-,13-/m0/s1. The van der Waals surface area contributed by atoms with Gasteiger partial charge in [-0.1, -0.05) is 30.3 Å².